The van der Waals surface area contributed by atoms with Crippen molar-refractivity contribution in [1.82, 2.24) is 9.29 Å². The fraction of sp³-hybridized carbons (Fsp3) is 0.273. The number of fused-ring (bicyclic) bond motifs is 1. The average molecular weight is 381 g/mol. The van der Waals surface area contributed by atoms with E-state index < -0.39 is 10.0 Å². The van der Waals surface area contributed by atoms with Gasteiger partial charge in [0.1, 0.15) is 0 Å². The first-order chi connectivity index (χ1) is 13.0. The van der Waals surface area contributed by atoms with Crippen molar-refractivity contribution in [2.75, 3.05) is 13.1 Å². The molecule has 5 heteroatoms. The van der Waals surface area contributed by atoms with Crippen molar-refractivity contribution >= 4 is 20.9 Å². The van der Waals surface area contributed by atoms with Gasteiger partial charge in [-0.2, -0.15) is 4.31 Å². The van der Waals surface area contributed by atoms with Crippen LogP contribution in [0.1, 0.15) is 24.1 Å². The highest BCUT2D eigenvalue weighted by Gasteiger charge is 2.24. The molecule has 0 bridgehead atoms. The van der Waals surface area contributed by atoms with E-state index in [9.17, 15) is 8.42 Å². The smallest absolute Gasteiger partial charge is 0.243 e. The zero-order valence-electron chi connectivity index (χ0n) is 15.5. The number of aromatic amines is 1. The Labute approximate surface area is 160 Å². The van der Waals surface area contributed by atoms with Crippen LogP contribution in [0.25, 0.3) is 10.9 Å². The van der Waals surface area contributed by atoms with Crippen molar-refractivity contribution in [3.63, 3.8) is 0 Å². The molecule has 0 unspecified atom stereocenters. The minimum Gasteiger partial charge on any atom is -0.358 e. The summed E-state index contributed by atoms with van der Waals surface area (Å²) in [6.07, 6.45) is 4.92. The van der Waals surface area contributed by atoms with Gasteiger partial charge in [-0.15, -0.1) is 0 Å². The third-order valence-corrected chi connectivity index (χ3v) is 6.88. The normalized spacial score (nSPS) is 14.1. The van der Waals surface area contributed by atoms with Crippen LogP contribution in [0.3, 0.4) is 0 Å². The number of sulfonamides is 1. The van der Waals surface area contributed by atoms with Crippen LogP contribution >= 0.6 is 0 Å². The van der Waals surface area contributed by atoms with Crippen LogP contribution in [-0.4, -0.2) is 30.8 Å². The summed E-state index contributed by atoms with van der Waals surface area (Å²) >= 11 is 0. The molecular weight excluding hydrogens is 356 g/mol. The Hall–Kier alpha value is -2.37. The number of nitrogens with one attached hydrogen (secondary N) is 1. The summed E-state index contributed by atoms with van der Waals surface area (Å²) in [5, 5.41) is 1.15. The summed E-state index contributed by atoms with van der Waals surface area (Å²) in [7, 11) is -3.51. The summed E-state index contributed by atoms with van der Waals surface area (Å²) in [6.45, 7) is 2.85. The number of allylic oxidation sites excluding steroid dienone is 1. The third kappa shape index (κ3) is 4.15. The summed E-state index contributed by atoms with van der Waals surface area (Å²) in [5.41, 5.74) is 4.54. The van der Waals surface area contributed by atoms with E-state index in [0.29, 0.717) is 24.4 Å². The molecule has 4 rings (SSSR count). The SMILES string of the molecule is Cc1ccc(S(=O)(=O)N(CC=C2CC2)CCc2cc3ccccc3[nH]2)cc1. The lowest BCUT2D eigenvalue weighted by Gasteiger charge is -2.21. The van der Waals surface area contributed by atoms with Gasteiger partial charge in [0.05, 0.1) is 4.90 Å². The van der Waals surface area contributed by atoms with E-state index in [0.717, 1.165) is 35.0 Å². The molecule has 1 fully saturated rings. The Bertz CT molecular complexity index is 1040. The molecule has 0 radical (unpaired) electrons. The minimum absolute atomic E-state index is 0.360. The Morgan fingerprint density at radius 2 is 1.81 bits per heavy atom. The van der Waals surface area contributed by atoms with Gasteiger partial charge >= 0.3 is 0 Å². The van der Waals surface area contributed by atoms with Crippen LogP contribution in [0.4, 0.5) is 0 Å². The first-order valence-corrected chi connectivity index (χ1v) is 10.8. The van der Waals surface area contributed by atoms with Gasteiger partial charge in [0.25, 0.3) is 0 Å². The molecule has 0 amide bonds. The first kappa shape index (κ1) is 18.0. The maximum atomic E-state index is 13.2. The molecule has 0 atom stereocenters. The second-order valence-corrected chi connectivity index (χ2v) is 9.11. The van der Waals surface area contributed by atoms with Gasteiger partial charge in [0.15, 0.2) is 0 Å². The number of benzene rings is 2. The molecule has 1 aliphatic carbocycles. The number of aryl methyl sites for hydroxylation is 1. The van der Waals surface area contributed by atoms with E-state index in [1.165, 1.54) is 5.57 Å². The predicted molar refractivity (Wildman–Crippen MR) is 109 cm³/mol. The summed E-state index contributed by atoms with van der Waals surface area (Å²) in [5.74, 6) is 0. The van der Waals surface area contributed by atoms with E-state index in [1.54, 1.807) is 16.4 Å². The molecule has 1 aromatic heterocycles. The highest BCUT2D eigenvalue weighted by atomic mass is 32.2. The number of hydrogen-bond acceptors (Lipinski definition) is 2. The Kier molecular flexibility index (Phi) is 4.89. The molecule has 140 valence electrons. The van der Waals surface area contributed by atoms with Crippen molar-refractivity contribution in [1.29, 1.82) is 0 Å². The summed E-state index contributed by atoms with van der Waals surface area (Å²) < 4.78 is 27.9. The zero-order valence-corrected chi connectivity index (χ0v) is 16.3. The van der Waals surface area contributed by atoms with Crippen LogP contribution in [0.5, 0.6) is 0 Å². The number of hydrogen-bond donors (Lipinski definition) is 1. The minimum atomic E-state index is -3.51. The van der Waals surface area contributed by atoms with Crippen molar-refractivity contribution < 1.29 is 8.42 Å². The lowest BCUT2D eigenvalue weighted by atomic mass is 10.2. The third-order valence-electron chi connectivity index (χ3n) is 5.00. The van der Waals surface area contributed by atoms with E-state index in [-0.39, 0.29) is 0 Å². The molecule has 0 spiro atoms. The first-order valence-electron chi connectivity index (χ1n) is 9.34. The number of nitrogens with zero attached hydrogens (tertiary/aromatic N) is 1. The zero-order chi connectivity index (χ0) is 18.9. The van der Waals surface area contributed by atoms with Crippen LogP contribution in [0, 0.1) is 6.92 Å². The van der Waals surface area contributed by atoms with E-state index in [2.05, 4.69) is 23.2 Å². The molecule has 27 heavy (non-hydrogen) atoms. The van der Waals surface area contributed by atoms with Crippen molar-refractivity contribution in [2.45, 2.75) is 31.1 Å². The molecule has 0 aliphatic heterocycles. The highest BCUT2D eigenvalue weighted by Crippen LogP contribution is 2.28. The number of H-pyrrole nitrogens is 1. The van der Waals surface area contributed by atoms with Gasteiger partial charge in [-0.05, 0) is 49.4 Å². The second-order valence-electron chi connectivity index (χ2n) is 7.17. The van der Waals surface area contributed by atoms with Gasteiger partial charge in [-0.3, -0.25) is 0 Å². The Morgan fingerprint density at radius 1 is 1.07 bits per heavy atom. The van der Waals surface area contributed by atoms with E-state index in [1.807, 2.05) is 37.3 Å². The predicted octanol–water partition coefficient (Wildman–Crippen LogP) is 4.43. The van der Waals surface area contributed by atoms with Crippen LogP contribution in [0.15, 0.2) is 71.1 Å². The quantitative estimate of drug-likeness (QED) is 0.617. The molecule has 0 saturated heterocycles. The van der Waals surface area contributed by atoms with Crippen LogP contribution in [-0.2, 0) is 16.4 Å². The van der Waals surface area contributed by atoms with Crippen molar-refractivity contribution in [2.24, 2.45) is 0 Å². The Balaban J connectivity index is 1.56. The van der Waals surface area contributed by atoms with Gasteiger partial charge in [-0.25, -0.2) is 8.42 Å². The van der Waals surface area contributed by atoms with Crippen molar-refractivity contribution in [3.05, 3.63) is 77.5 Å². The monoisotopic (exact) mass is 380 g/mol. The lowest BCUT2D eigenvalue weighted by Crippen LogP contribution is -2.33. The standard InChI is InChI=1S/C22H24N2O2S/c1-17-6-10-21(11-7-17)27(25,26)24(14-12-18-8-9-18)15-13-20-16-19-4-2-3-5-22(19)23-20/h2-7,10-12,16,23H,8-9,13-15H2,1H3. The molecule has 1 heterocycles. The average Bonchev–Trinajstić information content (AvgIpc) is 3.39. The largest absolute Gasteiger partial charge is 0.358 e. The molecule has 3 aromatic rings. The molecular formula is C22H24N2O2S. The summed E-state index contributed by atoms with van der Waals surface area (Å²) in [4.78, 5) is 3.75. The number of para-hydroxylation sites is 1. The van der Waals surface area contributed by atoms with E-state index in [4.69, 9.17) is 0 Å². The molecule has 4 nitrogen and oxygen atoms in total. The Morgan fingerprint density at radius 3 is 2.52 bits per heavy atom. The number of aromatic nitrogens is 1. The van der Waals surface area contributed by atoms with Gasteiger partial charge in [0, 0.05) is 30.7 Å². The van der Waals surface area contributed by atoms with Crippen LogP contribution in [0.2, 0.25) is 0 Å². The molecule has 1 N–H and O–H groups in total. The van der Waals surface area contributed by atoms with Gasteiger partial charge in [0.2, 0.25) is 10.0 Å². The maximum Gasteiger partial charge on any atom is 0.243 e. The molecule has 1 aliphatic rings. The van der Waals surface area contributed by atoms with Crippen molar-refractivity contribution in [3.8, 4) is 0 Å². The number of rotatable bonds is 7. The lowest BCUT2D eigenvalue weighted by molar-refractivity contribution is 0.444. The molecule has 1 saturated carbocycles. The fourth-order valence-corrected chi connectivity index (χ4v) is 4.57. The molecule has 2 aromatic carbocycles. The maximum absolute atomic E-state index is 13.2. The summed E-state index contributed by atoms with van der Waals surface area (Å²) in [6, 6.07) is 17.3. The van der Waals surface area contributed by atoms with E-state index >= 15 is 0 Å². The fourth-order valence-electron chi connectivity index (χ4n) is 3.19. The van der Waals surface area contributed by atoms with Gasteiger partial charge < -0.3 is 4.98 Å². The van der Waals surface area contributed by atoms with Crippen LogP contribution < -0.4 is 0 Å². The topological polar surface area (TPSA) is 53.2 Å². The van der Waals surface area contributed by atoms with Gasteiger partial charge in [-0.1, -0.05) is 47.5 Å². The highest BCUT2D eigenvalue weighted by molar-refractivity contribution is 7.89. The second kappa shape index (κ2) is 7.33.